The molecule has 0 saturated carbocycles. The summed E-state index contributed by atoms with van der Waals surface area (Å²) in [5, 5.41) is 3.19. The topological polar surface area (TPSA) is 124 Å². The molecule has 11 nitrogen and oxygen atoms in total. The minimum Gasteiger partial charge on any atom is -0.497 e. The van der Waals surface area contributed by atoms with Gasteiger partial charge in [0.15, 0.2) is 11.5 Å². The molecule has 0 spiro atoms. The average Bonchev–Trinajstić information content (AvgIpc) is 3.06. The van der Waals surface area contributed by atoms with Crippen molar-refractivity contribution in [2.24, 2.45) is 0 Å². The second-order valence-electron chi connectivity index (χ2n) is 10.5. The van der Waals surface area contributed by atoms with E-state index in [0.717, 1.165) is 9.87 Å². The Morgan fingerprint density at radius 1 is 0.826 bits per heavy atom. The summed E-state index contributed by atoms with van der Waals surface area (Å²) in [4.78, 5) is 29.1. The van der Waals surface area contributed by atoms with Crippen LogP contribution in [0.25, 0.3) is 0 Å². The average molecular weight is 676 g/mol. The lowest BCUT2D eigenvalue weighted by Crippen LogP contribution is -2.53. The SMILES string of the molecule is CC[C@H](C(=O)N[C@@H](C)CC)N(Cc1ccc(OC)cc1)C(=O)CN(c1cc(Cl)ccc1OC)S(=O)(=O)c1ccc(OC)c(OC)c1. The number of rotatable bonds is 16. The van der Waals surface area contributed by atoms with E-state index in [-0.39, 0.29) is 52.0 Å². The number of anilines is 1. The second kappa shape index (κ2) is 16.4. The Bertz CT molecular complexity index is 1600. The zero-order valence-corrected chi connectivity index (χ0v) is 28.8. The number of amides is 2. The number of methoxy groups -OCH3 is 4. The number of hydrogen-bond acceptors (Lipinski definition) is 8. The number of nitrogens with one attached hydrogen (secondary N) is 1. The Morgan fingerprint density at radius 3 is 2.02 bits per heavy atom. The van der Waals surface area contributed by atoms with Crippen LogP contribution in [0.2, 0.25) is 5.02 Å². The molecule has 0 heterocycles. The maximum absolute atomic E-state index is 14.4. The molecule has 2 amide bonds. The van der Waals surface area contributed by atoms with Gasteiger partial charge in [0.1, 0.15) is 24.1 Å². The molecule has 0 aliphatic rings. The molecule has 3 aromatic carbocycles. The largest absolute Gasteiger partial charge is 0.497 e. The van der Waals surface area contributed by atoms with Crippen LogP contribution in [0.3, 0.4) is 0 Å². The minimum absolute atomic E-state index is 0.0339. The van der Waals surface area contributed by atoms with E-state index in [1.165, 1.54) is 56.6 Å². The van der Waals surface area contributed by atoms with E-state index in [2.05, 4.69) is 5.32 Å². The van der Waals surface area contributed by atoms with Crippen molar-refractivity contribution in [2.45, 2.75) is 57.1 Å². The number of benzene rings is 3. The molecule has 0 aliphatic heterocycles. The number of hydrogen-bond donors (Lipinski definition) is 1. The molecule has 3 aromatic rings. The van der Waals surface area contributed by atoms with Gasteiger partial charge < -0.3 is 29.2 Å². The van der Waals surface area contributed by atoms with Gasteiger partial charge in [-0.3, -0.25) is 13.9 Å². The summed E-state index contributed by atoms with van der Waals surface area (Å²) in [5.74, 6) is 0.351. The molecule has 0 bridgehead atoms. The quantitative estimate of drug-likeness (QED) is 0.217. The first-order valence-electron chi connectivity index (χ1n) is 14.7. The highest BCUT2D eigenvalue weighted by molar-refractivity contribution is 7.92. The normalized spacial score (nSPS) is 12.4. The van der Waals surface area contributed by atoms with Crippen molar-refractivity contribution in [3.8, 4) is 23.0 Å². The van der Waals surface area contributed by atoms with Gasteiger partial charge in [-0.15, -0.1) is 0 Å². The molecule has 0 saturated heterocycles. The first-order valence-corrected chi connectivity index (χ1v) is 16.6. The third-order valence-electron chi connectivity index (χ3n) is 7.53. The van der Waals surface area contributed by atoms with E-state index >= 15 is 0 Å². The highest BCUT2D eigenvalue weighted by Gasteiger charge is 2.35. The van der Waals surface area contributed by atoms with Crippen LogP contribution >= 0.6 is 11.6 Å². The molecule has 2 atom stereocenters. The van der Waals surface area contributed by atoms with Gasteiger partial charge >= 0.3 is 0 Å². The fourth-order valence-corrected chi connectivity index (χ4v) is 6.36. The lowest BCUT2D eigenvalue weighted by atomic mass is 10.1. The molecule has 3 rings (SSSR count). The third-order valence-corrected chi connectivity index (χ3v) is 9.52. The lowest BCUT2D eigenvalue weighted by molar-refractivity contribution is -0.140. The Morgan fingerprint density at radius 2 is 1.46 bits per heavy atom. The first kappa shape index (κ1) is 36.3. The summed E-state index contributed by atoms with van der Waals surface area (Å²) >= 11 is 6.34. The Hall–Kier alpha value is -4.16. The third kappa shape index (κ3) is 8.55. The maximum Gasteiger partial charge on any atom is 0.265 e. The predicted octanol–water partition coefficient (Wildman–Crippen LogP) is 5.29. The van der Waals surface area contributed by atoms with Gasteiger partial charge in [-0.1, -0.05) is 37.6 Å². The fourth-order valence-electron chi connectivity index (χ4n) is 4.76. The smallest absolute Gasteiger partial charge is 0.265 e. The van der Waals surface area contributed by atoms with Crippen LogP contribution in [0.1, 0.15) is 39.2 Å². The van der Waals surface area contributed by atoms with Crippen LogP contribution < -0.4 is 28.6 Å². The van der Waals surface area contributed by atoms with Crippen LogP contribution in [-0.2, 0) is 26.2 Å². The van der Waals surface area contributed by atoms with Crippen molar-refractivity contribution in [1.29, 1.82) is 0 Å². The van der Waals surface area contributed by atoms with Crippen LogP contribution in [0, 0.1) is 0 Å². The first-order chi connectivity index (χ1) is 21.9. The molecular formula is C33H42ClN3O8S. The van der Waals surface area contributed by atoms with Crippen LogP contribution in [-0.4, -0.2) is 72.2 Å². The van der Waals surface area contributed by atoms with Crippen LogP contribution in [0.15, 0.2) is 65.6 Å². The number of sulfonamides is 1. The van der Waals surface area contributed by atoms with Gasteiger partial charge in [-0.05, 0) is 67.8 Å². The molecule has 0 radical (unpaired) electrons. The maximum atomic E-state index is 14.4. The zero-order valence-electron chi connectivity index (χ0n) is 27.2. The monoisotopic (exact) mass is 675 g/mol. The minimum atomic E-state index is -4.45. The van der Waals surface area contributed by atoms with Crippen LogP contribution in [0.5, 0.6) is 23.0 Å². The molecule has 46 heavy (non-hydrogen) atoms. The molecule has 13 heteroatoms. The summed E-state index contributed by atoms with van der Waals surface area (Å²) in [6.07, 6.45) is 0.980. The molecule has 1 N–H and O–H groups in total. The van der Waals surface area contributed by atoms with Gasteiger partial charge in [0.25, 0.3) is 10.0 Å². The van der Waals surface area contributed by atoms with Gasteiger partial charge in [-0.25, -0.2) is 8.42 Å². The van der Waals surface area contributed by atoms with E-state index in [9.17, 15) is 18.0 Å². The van der Waals surface area contributed by atoms with Crippen molar-refractivity contribution in [1.82, 2.24) is 10.2 Å². The molecule has 0 aromatic heterocycles. The Labute approximate surface area is 276 Å². The van der Waals surface area contributed by atoms with Crippen molar-refractivity contribution >= 4 is 39.1 Å². The highest BCUT2D eigenvalue weighted by atomic mass is 35.5. The number of ether oxygens (including phenoxy) is 4. The fraction of sp³-hybridized carbons (Fsp3) is 0.394. The number of nitrogens with zero attached hydrogens (tertiary/aromatic N) is 2. The van der Waals surface area contributed by atoms with Crippen LogP contribution in [0.4, 0.5) is 5.69 Å². The van der Waals surface area contributed by atoms with Gasteiger partial charge in [-0.2, -0.15) is 0 Å². The van der Waals surface area contributed by atoms with E-state index in [1.54, 1.807) is 44.4 Å². The standard InChI is InChI=1S/C33H42ClN3O8S/c1-8-22(3)35-33(39)27(9-2)36(20-23-10-13-25(42-4)14-11-23)32(38)21-37(28-18-24(34)12-16-29(28)43-5)46(40,41)26-15-17-30(44-6)31(19-26)45-7/h10-19,22,27H,8-9,20-21H2,1-7H3,(H,35,39)/t22-,27+/m0/s1. The molecule has 0 aliphatic carbocycles. The summed E-state index contributed by atoms with van der Waals surface area (Å²) in [7, 11) is 1.31. The second-order valence-corrected chi connectivity index (χ2v) is 12.8. The van der Waals surface area contributed by atoms with E-state index in [1.807, 2.05) is 13.8 Å². The Kier molecular flexibility index (Phi) is 13.0. The predicted molar refractivity (Wildman–Crippen MR) is 178 cm³/mol. The van der Waals surface area contributed by atoms with Crippen molar-refractivity contribution in [3.63, 3.8) is 0 Å². The van der Waals surface area contributed by atoms with E-state index in [0.29, 0.717) is 17.9 Å². The zero-order chi connectivity index (χ0) is 34.0. The molecular weight excluding hydrogens is 634 g/mol. The summed E-state index contributed by atoms with van der Waals surface area (Å²) in [5.41, 5.74) is 0.762. The van der Waals surface area contributed by atoms with Crippen molar-refractivity contribution in [2.75, 3.05) is 39.3 Å². The highest BCUT2D eigenvalue weighted by Crippen LogP contribution is 2.37. The molecule has 250 valence electrons. The number of carbonyl (C=O) groups excluding carboxylic acids is 2. The Balaban J connectivity index is 2.17. The van der Waals surface area contributed by atoms with Crippen molar-refractivity contribution in [3.05, 3.63) is 71.2 Å². The van der Waals surface area contributed by atoms with E-state index < -0.39 is 28.5 Å². The van der Waals surface area contributed by atoms with Gasteiger partial charge in [0, 0.05) is 23.7 Å². The lowest BCUT2D eigenvalue weighted by Gasteiger charge is -2.34. The van der Waals surface area contributed by atoms with Crippen molar-refractivity contribution < 1.29 is 37.0 Å². The summed E-state index contributed by atoms with van der Waals surface area (Å²) in [6.45, 7) is 4.99. The van der Waals surface area contributed by atoms with Gasteiger partial charge in [0.2, 0.25) is 11.8 Å². The van der Waals surface area contributed by atoms with Gasteiger partial charge in [0.05, 0.1) is 39.0 Å². The van der Waals surface area contributed by atoms with E-state index in [4.69, 9.17) is 30.5 Å². The molecule has 0 fully saturated rings. The number of halogens is 1. The summed E-state index contributed by atoms with van der Waals surface area (Å²) in [6, 6.07) is 14.7. The number of carbonyl (C=O) groups is 2. The molecule has 0 unspecified atom stereocenters. The summed E-state index contributed by atoms with van der Waals surface area (Å²) < 4.78 is 51.1.